The van der Waals surface area contributed by atoms with Crippen molar-refractivity contribution in [1.29, 1.82) is 0 Å². The topological polar surface area (TPSA) is 0 Å². The second-order valence-electron chi connectivity index (χ2n) is 5.59. The van der Waals surface area contributed by atoms with E-state index in [2.05, 4.69) is 47.1 Å². The first-order valence-electron chi connectivity index (χ1n) is 4.34. The van der Waals surface area contributed by atoms with E-state index in [1.54, 1.807) is 0 Å². The Morgan fingerprint density at radius 1 is 1.09 bits per heavy atom. The van der Waals surface area contributed by atoms with Gasteiger partial charge in [0.1, 0.15) is 0 Å². The third kappa shape index (κ3) is 5.87. The Bertz CT molecular complexity index is 119. The van der Waals surface area contributed by atoms with E-state index in [-0.39, 0.29) is 7.92 Å². The lowest BCUT2D eigenvalue weighted by Crippen LogP contribution is -2.29. The molecular formula is C9H23PSi. The van der Waals surface area contributed by atoms with Crippen LogP contribution in [0.15, 0.2) is 0 Å². The normalized spacial score (nSPS) is 16.6. The highest BCUT2D eigenvalue weighted by Crippen LogP contribution is 2.47. The highest BCUT2D eigenvalue weighted by molar-refractivity contribution is 7.61. The van der Waals surface area contributed by atoms with Crippen LogP contribution < -0.4 is 0 Å². The average molecular weight is 190 g/mol. The van der Waals surface area contributed by atoms with Gasteiger partial charge in [-0.15, -0.1) is 7.92 Å². The molecule has 0 amide bonds. The van der Waals surface area contributed by atoms with Crippen LogP contribution in [0.3, 0.4) is 0 Å². The number of hydrogen-bond acceptors (Lipinski definition) is 0. The maximum atomic E-state index is 2.47. The van der Waals surface area contributed by atoms with Gasteiger partial charge in [-0.3, -0.25) is 0 Å². The first-order valence-corrected chi connectivity index (χ1v) is 10.0. The molecule has 0 spiro atoms. The summed E-state index contributed by atoms with van der Waals surface area (Å²) in [4.78, 5) is 0. The van der Waals surface area contributed by atoms with E-state index < -0.39 is 8.07 Å². The molecule has 0 aromatic carbocycles. The summed E-state index contributed by atoms with van der Waals surface area (Å²) in [6.07, 6.45) is 0. The molecule has 0 aliphatic carbocycles. The van der Waals surface area contributed by atoms with Crippen molar-refractivity contribution in [2.45, 2.75) is 45.6 Å². The zero-order valence-electron chi connectivity index (χ0n) is 9.15. The van der Waals surface area contributed by atoms with Gasteiger partial charge in [0.2, 0.25) is 0 Å². The summed E-state index contributed by atoms with van der Waals surface area (Å²) < 4.78 is 0. The predicted molar refractivity (Wildman–Crippen MR) is 60.8 cm³/mol. The van der Waals surface area contributed by atoms with Crippen LogP contribution in [0.4, 0.5) is 0 Å². The van der Waals surface area contributed by atoms with E-state index in [4.69, 9.17) is 0 Å². The monoisotopic (exact) mass is 190 g/mol. The molecule has 0 aromatic rings. The van der Waals surface area contributed by atoms with Gasteiger partial charge in [0.15, 0.2) is 0 Å². The van der Waals surface area contributed by atoms with Gasteiger partial charge in [0.05, 0.1) is 0 Å². The van der Waals surface area contributed by atoms with Crippen molar-refractivity contribution in [2.24, 2.45) is 0 Å². The fourth-order valence-electron chi connectivity index (χ4n) is 0.949. The van der Waals surface area contributed by atoms with Crippen molar-refractivity contribution < 1.29 is 0 Å². The van der Waals surface area contributed by atoms with Crippen molar-refractivity contribution in [3.05, 3.63) is 0 Å². The quantitative estimate of drug-likeness (QED) is 0.459. The molecule has 1 unspecified atom stereocenters. The Morgan fingerprint density at radius 3 is 1.55 bits per heavy atom. The molecule has 0 aromatic heterocycles. The average Bonchev–Trinajstić information content (AvgIpc) is 1.56. The molecule has 0 radical (unpaired) electrons. The minimum Gasteiger partial charge on any atom is -0.107 e. The smallest absolute Gasteiger partial charge is 0.0485 e. The molecule has 2 heteroatoms. The molecule has 0 bridgehead atoms. The van der Waals surface area contributed by atoms with E-state index in [1.165, 1.54) is 5.79 Å². The van der Waals surface area contributed by atoms with E-state index in [0.29, 0.717) is 5.16 Å². The van der Waals surface area contributed by atoms with Crippen LogP contribution in [-0.4, -0.2) is 25.7 Å². The standard InChI is InChI=1S/C9H23PSi/c1-9(2,3)10(4)8-11(5,6)7/h8H2,1-7H3. The second-order valence-corrected chi connectivity index (χ2v) is 14.7. The molecule has 0 aliphatic heterocycles. The van der Waals surface area contributed by atoms with Crippen LogP contribution in [0.1, 0.15) is 20.8 Å². The maximum Gasteiger partial charge on any atom is 0.0485 e. The van der Waals surface area contributed by atoms with Gasteiger partial charge >= 0.3 is 0 Å². The molecular weight excluding hydrogens is 167 g/mol. The van der Waals surface area contributed by atoms with E-state index >= 15 is 0 Å². The van der Waals surface area contributed by atoms with Gasteiger partial charge < -0.3 is 0 Å². The third-order valence-electron chi connectivity index (χ3n) is 1.86. The second kappa shape index (κ2) is 3.58. The largest absolute Gasteiger partial charge is 0.107 e. The van der Waals surface area contributed by atoms with Crippen LogP contribution in [-0.2, 0) is 0 Å². The molecule has 0 nitrogen and oxygen atoms in total. The Morgan fingerprint density at radius 2 is 1.45 bits per heavy atom. The summed E-state index contributed by atoms with van der Waals surface area (Å²) in [7, 11) is -0.549. The summed E-state index contributed by atoms with van der Waals surface area (Å²) in [5, 5.41) is 0.565. The molecule has 0 rings (SSSR count). The Hall–Kier alpha value is 0.647. The highest BCUT2D eigenvalue weighted by Gasteiger charge is 2.25. The molecule has 11 heavy (non-hydrogen) atoms. The minimum atomic E-state index is -0.801. The van der Waals surface area contributed by atoms with Gasteiger partial charge in [-0.05, 0) is 17.6 Å². The first-order chi connectivity index (χ1) is 4.63. The van der Waals surface area contributed by atoms with E-state index in [0.717, 1.165) is 0 Å². The van der Waals surface area contributed by atoms with Gasteiger partial charge in [0, 0.05) is 8.07 Å². The van der Waals surface area contributed by atoms with Crippen LogP contribution in [0.5, 0.6) is 0 Å². The van der Waals surface area contributed by atoms with Crippen molar-refractivity contribution in [1.82, 2.24) is 0 Å². The lowest BCUT2D eigenvalue weighted by Gasteiger charge is -2.32. The molecule has 68 valence electrons. The first kappa shape index (κ1) is 11.6. The zero-order valence-corrected chi connectivity index (χ0v) is 11.0. The lowest BCUT2D eigenvalue weighted by atomic mass is 10.3. The maximum absolute atomic E-state index is 2.47. The fraction of sp³-hybridized carbons (Fsp3) is 1.00. The van der Waals surface area contributed by atoms with E-state index in [9.17, 15) is 0 Å². The van der Waals surface area contributed by atoms with Crippen LogP contribution in [0, 0.1) is 0 Å². The lowest BCUT2D eigenvalue weighted by molar-refractivity contribution is 0.787. The summed E-state index contributed by atoms with van der Waals surface area (Å²) in [6.45, 7) is 17.0. The molecule has 0 saturated carbocycles. The van der Waals surface area contributed by atoms with Crippen molar-refractivity contribution in [3.63, 3.8) is 0 Å². The molecule has 0 N–H and O–H groups in total. The Kier molecular flexibility index (Phi) is 3.79. The summed E-state index contributed by atoms with van der Waals surface area (Å²) in [6, 6.07) is 0. The van der Waals surface area contributed by atoms with Gasteiger partial charge in [-0.2, -0.15) is 0 Å². The molecule has 0 heterocycles. The van der Waals surface area contributed by atoms with Crippen molar-refractivity contribution >= 4 is 16.0 Å². The van der Waals surface area contributed by atoms with E-state index in [1.807, 2.05) is 0 Å². The van der Waals surface area contributed by atoms with Crippen LogP contribution in [0.25, 0.3) is 0 Å². The minimum absolute atomic E-state index is 0.252. The zero-order chi connectivity index (χ0) is 9.28. The van der Waals surface area contributed by atoms with Gasteiger partial charge in [-0.1, -0.05) is 40.4 Å². The molecule has 0 aliphatic rings. The fourth-order valence-corrected chi connectivity index (χ4v) is 8.54. The van der Waals surface area contributed by atoms with Crippen molar-refractivity contribution in [3.8, 4) is 0 Å². The van der Waals surface area contributed by atoms with Crippen LogP contribution >= 0.6 is 7.92 Å². The third-order valence-corrected chi connectivity index (χ3v) is 9.84. The van der Waals surface area contributed by atoms with Crippen molar-refractivity contribution in [2.75, 3.05) is 12.5 Å². The molecule has 0 fully saturated rings. The predicted octanol–water partition coefficient (Wildman–Crippen LogP) is 3.77. The number of hydrogen-bond donors (Lipinski definition) is 0. The highest BCUT2D eigenvalue weighted by atomic mass is 31.1. The molecule has 0 saturated heterocycles. The summed E-state index contributed by atoms with van der Waals surface area (Å²) in [5.74, 6) is 1.52. The van der Waals surface area contributed by atoms with Gasteiger partial charge in [0.25, 0.3) is 0 Å². The van der Waals surface area contributed by atoms with Crippen LogP contribution in [0.2, 0.25) is 19.6 Å². The van der Waals surface area contributed by atoms with Gasteiger partial charge in [-0.25, -0.2) is 0 Å². The SMILES string of the molecule is CP(C[Si](C)(C)C)C(C)(C)C. The molecule has 1 atom stereocenters. The Balaban J connectivity index is 3.99. The summed E-state index contributed by atoms with van der Waals surface area (Å²) >= 11 is 0. The summed E-state index contributed by atoms with van der Waals surface area (Å²) in [5.41, 5.74) is 0. The number of rotatable bonds is 2. The Labute approximate surface area is 74.5 Å².